The number of alkyl halides is 1. The van der Waals surface area contributed by atoms with E-state index in [9.17, 15) is 4.79 Å². The van der Waals surface area contributed by atoms with Crippen molar-refractivity contribution in [1.82, 2.24) is 0 Å². The number of halogens is 1. The van der Waals surface area contributed by atoms with E-state index in [1.807, 2.05) is 39.0 Å². The molecule has 0 spiro atoms. The van der Waals surface area contributed by atoms with Crippen molar-refractivity contribution in [2.45, 2.75) is 34.1 Å². The van der Waals surface area contributed by atoms with E-state index in [2.05, 4.69) is 13.0 Å². The van der Waals surface area contributed by atoms with Gasteiger partial charge in [0, 0.05) is 5.70 Å². The first kappa shape index (κ1) is 14.8. The van der Waals surface area contributed by atoms with Gasteiger partial charge in [-0.25, -0.2) is 0 Å². The van der Waals surface area contributed by atoms with E-state index in [-0.39, 0.29) is 11.8 Å². The standard InChI is InChI=1S/C15H20ClNO/c1-5-12(4)17(14(18)10-16)15-11(3)8-7-9-13(15)6-2/h5,7-9H,6,10H2,1-4H3/b12-5+. The highest BCUT2D eigenvalue weighted by Gasteiger charge is 2.20. The van der Waals surface area contributed by atoms with Gasteiger partial charge in [-0.15, -0.1) is 11.6 Å². The van der Waals surface area contributed by atoms with Gasteiger partial charge in [-0.3, -0.25) is 9.69 Å². The predicted molar refractivity (Wildman–Crippen MR) is 78.2 cm³/mol. The van der Waals surface area contributed by atoms with Crippen molar-refractivity contribution in [2.75, 3.05) is 10.8 Å². The summed E-state index contributed by atoms with van der Waals surface area (Å²) in [5, 5.41) is 0. The van der Waals surface area contributed by atoms with E-state index in [1.54, 1.807) is 4.90 Å². The Hall–Kier alpha value is -1.28. The second kappa shape index (κ2) is 6.60. The third-order valence-corrected chi connectivity index (χ3v) is 3.29. The first-order valence-electron chi connectivity index (χ1n) is 6.17. The molecule has 0 fully saturated rings. The monoisotopic (exact) mass is 265 g/mol. The molecule has 1 amide bonds. The summed E-state index contributed by atoms with van der Waals surface area (Å²) in [7, 11) is 0. The quantitative estimate of drug-likeness (QED) is 0.752. The summed E-state index contributed by atoms with van der Waals surface area (Å²) in [6.45, 7) is 7.96. The summed E-state index contributed by atoms with van der Waals surface area (Å²) in [5.41, 5.74) is 4.13. The fourth-order valence-corrected chi connectivity index (χ4v) is 2.13. The molecule has 2 nitrogen and oxygen atoms in total. The number of benzene rings is 1. The van der Waals surface area contributed by atoms with Gasteiger partial charge in [-0.2, -0.15) is 0 Å². The fraction of sp³-hybridized carbons (Fsp3) is 0.400. The molecule has 1 rings (SSSR count). The van der Waals surface area contributed by atoms with Gasteiger partial charge >= 0.3 is 0 Å². The van der Waals surface area contributed by atoms with Crippen LogP contribution in [0, 0.1) is 6.92 Å². The minimum Gasteiger partial charge on any atom is -0.284 e. The Morgan fingerprint density at radius 2 is 2.11 bits per heavy atom. The zero-order valence-electron chi connectivity index (χ0n) is 11.5. The van der Waals surface area contributed by atoms with Gasteiger partial charge in [0.2, 0.25) is 5.91 Å². The van der Waals surface area contributed by atoms with Crippen molar-refractivity contribution in [1.29, 1.82) is 0 Å². The van der Waals surface area contributed by atoms with Crippen LogP contribution in [-0.2, 0) is 11.2 Å². The van der Waals surface area contributed by atoms with E-state index >= 15 is 0 Å². The minimum atomic E-state index is -0.0868. The van der Waals surface area contributed by atoms with E-state index in [4.69, 9.17) is 11.6 Å². The fourth-order valence-electron chi connectivity index (χ4n) is 2.01. The second-order valence-electron chi connectivity index (χ2n) is 4.23. The first-order valence-corrected chi connectivity index (χ1v) is 6.70. The molecular weight excluding hydrogens is 246 g/mol. The molecular formula is C15H20ClNO. The van der Waals surface area contributed by atoms with Crippen LogP contribution in [-0.4, -0.2) is 11.8 Å². The molecule has 0 saturated carbocycles. The molecule has 1 aromatic rings. The molecule has 0 aliphatic carbocycles. The van der Waals surface area contributed by atoms with E-state index in [1.165, 1.54) is 0 Å². The molecule has 18 heavy (non-hydrogen) atoms. The molecule has 0 atom stereocenters. The number of amides is 1. The van der Waals surface area contributed by atoms with Crippen molar-refractivity contribution in [3.63, 3.8) is 0 Å². The maximum atomic E-state index is 12.1. The molecule has 0 unspecified atom stereocenters. The van der Waals surface area contributed by atoms with Crippen LogP contribution in [0.4, 0.5) is 5.69 Å². The number of carbonyl (C=O) groups excluding carboxylic acids is 1. The van der Waals surface area contributed by atoms with Crippen LogP contribution in [0.25, 0.3) is 0 Å². The SMILES string of the molecule is C/C=C(\C)N(C(=O)CCl)c1c(C)cccc1CC. The summed E-state index contributed by atoms with van der Waals surface area (Å²) in [6, 6.07) is 6.09. The Bertz CT molecular complexity index is 466. The van der Waals surface area contributed by atoms with E-state index in [0.29, 0.717) is 0 Å². The van der Waals surface area contributed by atoms with E-state index in [0.717, 1.165) is 28.9 Å². The molecule has 0 N–H and O–H groups in total. The van der Waals surface area contributed by atoms with Crippen molar-refractivity contribution in [3.05, 3.63) is 41.1 Å². The molecule has 0 aromatic heterocycles. The van der Waals surface area contributed by atoms with Gasteiger partial charge in [-0.05, 0) is 38.3 Å². The third kappa shape index (κ3) is 2.94. The van der Waals surface area contributed by atoms with Gasteiger partial charge in [0.25, 0.3) is 0 Å². The van der Waals surface area contributed by atoms with Crippen LogP contribution >= 0.6 is 11.6 Å². The van der Waals surface area contributed by atoms with Gasteiger partial charge < -0.3 is 0 Å². The molecule has 1 aromatic carbocycles. The normalized spacial score (nSPS) is 11.5. The van der Waals surface area contributed by atoms with Crippen molar-refractivity contribution >= 4 is 23.2 Å². The van der Waals surface area contributed by atoms with Crippen LogP contribution in [0.2, 0.25) is 0 Å². The molecule has 0 bridgehead atoms. The maximum absolute atomic E-state index is 12.1. The largest absolute Gasteiger partial charge is 0.284 e. The van der Waals surface area contributed by atoms with Gasteiger partial charge in [0.15, 0.2) is 0 Å². The number of para-hydroxylation sites is 1. The van der Waals surface area contributed by atoms with Crippen LogP contribution in [0.1, 0.15) is 31.9 Å². The molecule has 0 radical (unpaired) electrons. The minimum absolute atomic E-state index is 0.0112. The lowest BCUT2D eigenvalue weighted by Crippen LogP contribution is -2.31. The number of hydrogen-bond acceptors (Lipinski definition) is 1. The number of nitrogens with zero attached hydrogens (tertiary/aromatic N) is 1. The molecule has 98 valence electrons. The van der Waals surface area contributed by atoms with Crippen molar-refractivity contribution in [2.24, 2.45) is 0 Å². The lowest BCUT2D eigenvalue weighted by atomic mass is 10.0. The highest BCUT2D eigenvalue weighted by molar-refractivity contribution is 6.29. The van der Waals surface area contributed by atoms with Gasteiger partial charge in [-0.1, -0.05) is 31.2 Å². The average Bonchev–Trinajstić information content (AvgIpc) is 2.39. The average molecular weight is 266 g/mol. The third-order valence-electron chi connectivity index (χ3n) is 3.06. The Morgan fingerprint density at radius 1 is 1.44 bits per heavy atom. The topological polar surface area (TPSA) is 20.3 Å². The Kier molecular flexibility index (Phi) is 5.42. The molecule has 0 aliphatic heterocycles. The number of aryl methyl sites for hydroxylation is 2. The number of hydrogen-bond donors (Lipinski definition) is 0. The van der Waals surface area contributed by atoms with Crippen molar-refractivity contribution in [3.8, 4) is 0 Å². The summed E-state index contributed by atoms with van der Waals surface area (Å²) in [6.07, 6.45) is 2.82. The molecule has 0 saturated heterocycles. The summed E-state index contributed by atoms with van der Waals surface area (Å²) in [4.78, 5) is 13.8. The predicted octanol–water partition coefficient (Wildman–Crippen LogP) is 4.05. The number of carbonyl (C=O) groups is 1. The number of allylic oxidation sites excluding steroid dienone is 2. The van der Waals surface area contributed by atoms with Crippen LogP contribution < -0.4 is 4.90 Å². The summed E-state index contributed by atoms with van der Waals surface area (Å²) in [5.74, 6) is -0.0980. The smallest absolute Gasteiger partial charge is 0.246 e. The van der Waals surface area contributed by atoms with Crippen LogP contribution in [0.5, 0.6) is 0 Å². The van der Waals surface area contributed by atoms with Crippen molar-refractivity contribution < 1.29 is 4.79 Å². The maximum Gasteiger partial charge on any atom is 0.246 e. The molecule has 3 heteroatoms. The zero-order chi connectivity index (χ0) is 13.7. The summed E-state index contributed by atoms with van der Waals surface area (Å²) < 4.78 is 0. The molecule has 0 aliphatic rings. The Morgan fingerprint density at radius 3 is 2.61 bits per heavy atom. The summed E-state index contributed by atoms with van der Waals surface area (Å²) >= 11 is 5.73. The molecule has 0 heterocycles. The lowest BCUT2D eigenvalue weighted by Gasteiger charge is -2.27. The highest BCUT2D eigenvalue weighted by atomic mass is 35.5. The second-order valence-corrected chi connectivity index (χ2v) is 4.50. The number of anilines is 1. The zero-order valence-corrected chi connectivity index (χ0v) is 12.2. The van der Waals surface area contributed by atoms with E-state index < -0.39 is 0 Å². The van der Waals surface area contributed by atoms with Crippen LogP contribution in [0.3, 0.4) is 0 Å². The number of rotatable bonds is 4. The van der Waals surface area contributed by atoms with Gasteiger partial charge in [0.1, 0.15) is 5.88 Å². The first-order chi connectivity index (χ1) is 8.56. The van der Waals surface area contributed by atoms with Crippen LogP contribution in [0.15, 0.2) is 30.0 Å². The lowest BCUT2D eigenvalue weighted by molar-refractivity contribution is -0.115. The highest BCUT2D eigenvalue weighted by Crippen LogP contribution is 2.29. The Balaban J connectivity index is 3.42. The van der Waals surface area contributed by atoms with Gasteiger partial charge in [0.05, 0.1) is 5.69 Å². The Labute approximate surface area is 114 Å².